The summed E-state index contributed by atoms with van der Waals surface area (Å²) in [5, 5.41) is 0. The number of aryl methyl sites for hydroxylation is 2. The number of fused-ring (bicyclic) bond motifs is 2. The minimum absolute atomic E-state index is 0.192. The molecule has 0 fully saturated rings. The average Bonchev–Trinajstić information content (AvgIpc) is 3.18. The molecule has 0 bridgehead atoms. The zero-order valence-electron chi connectivity index (χ0n) is 24.3. The van der Waals surface area contributed by atoms with E-state index in [-0.39, 0.29) is 12.1 Å². The van der Waals surface area contributed by atoms with Crippen LogP contribution in [0.25, 0.3) is 12.2 Å². The van der Waals surface area contributed by atoms with Crippen LogP contribution in [0.2, 0.25) is 0 Å². The monoisotopic (exact) mass is 562 g/mol. The third kappa shape index (κ3) is 7.55. The van der Waals surface area contributed by atoms with Gasteiger partial charge in [0.25, 0.3) is 0 Å². The molecule has 5 rings (SSSR count). The Morgan fingerprint density at radius 3 is 2.19 bits per heavy atom. The molecule has 216 valence electrons. The van der Waals surface area contributed by atoms with Crippen molar-refractivity contribution in [1.29, 1.82) is 0 Å². The number of rotatable bonds is 13. The van der Waals surface area contributed by atoms with Crippen LogP contribution in [0.15, 0.2) is 97.1 Å². The lowest BCUT2D eigenvalue weighted by Crippen LogP contribution is -2.27. The highest BCUT2D eigenvalue weighted by Gasteiger charge is 2.23. The van der Waals surface area contributed by atoms with Crippen LogP contribution in [0.3, 0.4) is 0 Å². The SMILES string of the molecule is CCOC(=O)C(Cc1ccc(OCCOC2c3ccccc3C=Cc3ccc(CCc4ccccc4)cc32)cc1)OC. The molecule has 0 N–H and O–H groups in total. The van der Waals surface area contributed by atoms with Gasteiger partial charge < -0.3 is 18.9 Å². The first-order valence-corrected chi connectivity index (χ1v) is 14.6. The molecule has 0 radical (unpaired) electrons. The Labute approximate surface area is 248 Å². The molecular weight excluding hydrogens is 524 g/mol. The summed E-state index contributed by atoms with van der Waals surface area (Å²) < 4.78 is 23.0. The van der Waals surface area contributed by atoms with E-state index in [4.69, 9.17) is 18.9 Å². The van der Waals surface area contributed by atoms with Gasteiger partial charge in [-0.15, -0.1) is 0 Å². The average molecular weight is 563 g/mol. The zero-order chi connectivity index (χ0) is 29.1. The topological polar surface area (TPSA) is 54.0 Å². The fourth-order valence-electron chi connectivity index (χ4n) is 5.28. The lowest BCUT2D eigenvalue weighted by Gasteiger charge is -2.22. The van der Waals surface area contributed by atoms with Gasteiger partial charge in [0.2, 0.25) is 0 Å². The lowest BCUT2D eigenvalue weighted by molar-refractivity contribution is -0.154. The van der Waals surface area contributed by atoms with Crippen molar-refractivity contribution in [3.63, 3.8) is 0 Å². The fourth-order valence-corrected chi connectivity index (χ4v) is 5.28. The van der Waals surface area contributed by atoms with Crippen LogP contribution in [-0.4, -0.2) is 39.0 Å². The number of hydrogen-bond donors (Lipinski definition) is 0. The van der Waals surface area contributed by atoms with Gasteiger partial charge in [-0.2, -0.15) is 0 Å². The highest BCUT2D eigenvalue weighted by molar-refractivity contribution is 5.76. The maximum absolute atomic E-state index is 12.0. The number of ether oxygens (including phenoxy) is 4. The molecule has 0 spiro atoms. The van der Waals surface area contributed by atoms with Gasteiger partial charge in [0.05, 0.1) is 13.2 Å². The van der Waals surface area contributed by atoms with Crippen LogP contribution in [0.4, 0.5) is 0 Å². The summed E-state index contributed by atoms with van der Waals surface area (Å²) in [6.07, 6.45) is 5.97. The van der Waals surface area contributed by atoms with Crippen molar-refractivity contribution in [1.82, 2.24) is 0 Å². The molecule has 4 aromatic rings. The molecule has 0 amide bonds. The largest absolute Gasteiger partial charge is 0.491 e. The minimum Gasteiger partial charge on any atom is -0.491 e. The van der Waals surface area contributed by atoms with Crippen LogP contribution in [0.1, 0.15) is 52.0 Å². The van der Waals surface area contributed by atoms with E-state index >= 15 is 0 Å². The molecule has 0 heterocycles. The summed E-state index contributed by atoms with van der Waals surface area (Å²) in [7, 11) is 1.52. The van der Waals surface area contributed by atoms with Crippen LogP contribution in [0.5, 0.6) is 5.75 Å². The van der Waals surface area contributed by atoms with Crippen LogP contribution >= 0.6 is 0 Å². The molecule has 42 heavy (non-hydrogen) atoms. The second-order valence-electron chi connectivity index (χ2n) is 10.3. The molecule has 0 saturated carbocycles. The van der Waals surface area contributed by atoms with E-state index in [2.05, 4.69) is 84.9 Å². The lowest BCUT2D eigenvalue weighted by atomic mass is 9.93. The van der Waals surface area contributed by atoms with E-state index in [1.165, 1.54) is 34.9 Å². The third-order valence-corrected chi connectivity index (χ3v) is 7.51. The summed E-state index contributed by atoms with van der Waals surface area (Å²) in [5.41, 5.74) is 8.29. The molecular formula is C37H38O5. The number of hydrogen-bond acceptors (Lipinski definition) is 5. The first kappa shape index (κ1) is 29.3. The normalized spacial score (nSPS) is 14.4. The standard InChI is InChI=1S/C37H38O5/c1-3-40-37(38)35(39-2)26-29-16-21-32(22-17-29)41-23-24-42-36-33-12-8-7-11-30(33)19-20-31-18-15-28(25-34(31)36)14-13-27-9-5-4-6-10-27/h4-12,15-22,25,35-36H,3,13-14,23-24,26H2,1-2H3. The van der Waals surface area contributed by atoms with Crippen molar-refractivity contribution < 1.29 is 23.7 Å². The Balaban J connectivity index is 1.23. The Hall–Kier alpha value is -4.19. The molecule has 0 aliphatic heterocycles. The van der Waals surface area contributed by atoms with Crippen LogP contribution in [-0.2, 0) is 38.3 Å². The van der Waals surface area contributed by atoms with Crippen molar-refractivity contribution in [2.24, 2.45) is 0 Å². The second-order valence-corrected chi connectivity index (χ2v) is 10.3. The Kier molecular flexibility index (Phi) is 10.2. The molecule has 1 aliphatic rings. The van der Waals surface area contributed by atoms with Gasteiger partial charge in [0.1, 0.15) is 18.5 Å². The first-order valence-electron chi connectivity index (χ1n) is 14.6. The first-order chi connectivity index (χ1) is 20.6. The molecule has 2 atom stereocenters. The van der Waals surface area contributed by atoms with Gasteiger partial charge in [-0.1, -0.05) is 97.1 Å². The van der Waals surface area contributed by atoms with E-state index in [0.717, 1.165) is 29.7 Å². The predicted molar refractivity (Wildman–Crippen MR) is 167 cm³/mol. The van der Waals surface area contributed by atoms with Crippen molar-refractivity contribution in [3.05, 3.63) is 136 Å². The van der Waals surface area contributed by atoms with Crippen molar-refractivity contribution in [2.45, 2.75) is 38.4 Å². The maximum Gasteiger partial charge on any atom is 0.335 e. The van der Waals surface area contributed by atoms with Crippen molar-refractivity contribution in [3.8, 4) is 5.75 Å². The van der Waals surface area contributed by atoms with Crippen LogP contribution in [0, 0.1) is 0 Å². The molecule has 4 aromatic carbocycles. The minimum atomic E-state index is -0.621. The number of esters is 1. The quantitative estimate of drug-likeness (QED) is 0.127. The van der Waals surface area contributed by atoms with Gasteiger partial charge >= 0.3 is 5.97 Å². The fraction of sp³-hybridized carbons (Fsp3) is 0.270. The highest BCUT2D eigenvalue weighted by atomic mass is 16.6. The molecule has 2 unspecified atom stereocenters. The van der Waals surface area contributed by atoms with Gasteiger partial charge in [0.15, 0.2) is 6.10 Å². The van der Waals surface area contributed by atoms with E-state index in [0.29, 0.717) is 26.2 Å². The zero-order valence-corrected chi connectivity index (χ0v) is 24.3. The summed E-state index contributed by atoms with van der Waals surface area (Å²) in [4.78, 5) is 12.0. The number of benzene rings is 4. The van der Waals surface area contributed by atoms with Crippen LogP contribution < -0.4 is 4.74 Å². The Bertz CT molecular complexity index is 1480. The van der Waals surface area contributed by atoms with Gasteiger partial charge in [-0.3, -0.25) is 0 Å². The second kappa shape index (κ2) is 14.6. The summed E-state index contributed by atoms with van der Waals surface area (Å²) in [6.45, 7) is 2.97. The molecule has 5 nitrogen and oxygen atoms in total. The van der Waals surface area contributed by atoms with E-state index in [1.54, 1.807) is 6.92 Å². The Morgan fingerprint density at radius 1 is 0.738 bits per heavy atom. The van der Waals surface area contributed by atoms with E-state index < -0.39 is 6.10 Å². The summed E-state index contributed by atoms with van der Waals surface area (Å²) >= 11 is 0. The van der Waals surface area contributed by atoms with Gasteiger partial charge in [0, 0.05) is 13.5 Å². The smallest absolute Gasteiger partial charge is 0.335 e. The molecule has 1 aliphatic carbocycles. The van der Waals surface area contributed by atoms with Crippen molar-refractivity contribution >= 4 is 18.1 Å². The molecule has 0 aromatic heterocycles. The van der Waals surface area contributed by atoms with Gasteiger partial charge in [-0.25, -0.2) is 4.79 Å². The molecule has 5 heteroatoms. The molecule has 0 saturated heterocycles. The maximum atomic E-state index is 12.0. The number of carbonyl (C=O) groups is 1. The Morgan fingerprint density at radius 2 is 1.43 bits per heavy atom. The summed E-state index contributed by atoms with van der Waals surface area (Å²) in [5.74, 6) is 0.400. The summed E-state index contributed by atoms with van der Waals surface area (Å²) in [6, 6.07) is 33.5. The highest BCUT2D eigenvalue weighted by Crippen LogP contribution is 2.36. The predicted octanol–water partition coefficient (Wildman–Crippen LogP) is 7.26. The van der Waals surface area contributed by atoms with Crippen molar-refractivity contribution in [2.75, 3.05) is 26.9 Å². The number of carbonyl (C=O) groups excluding carboxylic acids is 1. The third-order valence-electron chi connectivity index (χ3n) is 7.51. The number of methoxy groups -OCH3 is 1. The van der Waals surface area contributed by atoms with E-state index in [1.807, 2.05) is 24.3 Å². The van der Waals surface area contributed by atoms with E-state index in [9.17, 15) is 4.79 Å². The van der Waals surface area contributed by atoms with Gasteiger partial charge in [-0.05, 0) is 70.8 Å².